The summed E-state index contributed by atoms with van der Waals surface area (Å²) >= 11 is 0. The van der Waals surface area contributed by atoms with Crippen molar-refractivity contribution in [2.75, 3.05) is 12.4 Å². The van der Waals surface area contributed by atoms with Crippen molar-refractivity contribution in [3.8, 4) is 5.75 Å². The Morgan fingerprint density at radius 3 is 2.27 bits per heavy atom. The zero-order valence-electron chi connectivity index (χ0n) is 13.4. The molecule has 0 spiro atoms. The summed E-state index contributed by atoms with van der Waals surface area (Å²) in [5, 5.41) is 3.01. The maximum absolute atomic E-state index is 12.7. The van der Waals surface area contributed by atoms with E-state index < -0.39 is 0 Å². The van der Waals surface area contributed by atoms with Crippen LogP contribution in [0.2, 0.25) is 0 Å². The number of carbonyl (C=O) groups is 1. The van der Waals surface area contributed by atoms with Gasteiger partial charge >= 0.3 is 0 Å². The van der Waals surface area contributed by atoms with E-state index in [0.717, 1.165) is 23.4 Å². The topological polar surface area (TPSA) is 38.3 Å². The van der Waals surface area contributed by atoms with Crippen molar-refractivity contribution in [1.29, 1.82) is 0 Å². The van der Waals surface area contributed by atoms with Crippen LogP contribution in [-0.4, -0.2) is 13.0 Å². The van der Waals surface area contributed by atoms with E-state index in [-0.39, 0.29) is 17.7 Å². The number of nitrogens with one attached hydrogen (secondary N) is 1. The van der Waals surface area contributed by atoms with Crippen molar-refractivity contribution in [2.45, 2.75) is 26.2 Å². The van der Waals surface area contributed by atoms with Crippen LogP contribution in [0.1, 0.15) is 31.7 Å². The second-order valence-electron chi connectivity index (χ2n) is 5.49. The first-order chi connectivity index (χ1) is 10.7. The van der Waals surface area contributed by atoms with Gasteiger partial charge in [-0.15, -0.1) is 0 Å². The number of rotatable bonds is 6. The van der Waals surface area contributed by atoms with Crippen LogP contribution in [0, 0.1) is 5.92 Å². The summed E-state index contributed by atoms with van der Waals surface area (Å²) in [5.41, 5.74) is 1.85. The van der Waals surface area contributed by atoms with Gasteiger partial charge in [0.2, 0.25) is 5.91 Å². The van der Waals surface area contributed by atoms with E-state index >= 15 is 0 Å². The average Bonchev–Trinajstić information content (AvgIpc) is 2.56. The highest BCUT2D eigenvalue weighted by Gasteiger charge is 2.25. The van der Waals surface area contributed by atoms with Gasteiger partial charge in [-0.2, -0.15) is 0 Å². The maximum Gasteiger partial charge on any atom is 0.232 e. The molecule has 0 fully saturated rings. The molecule has 116 valence electrons. The van der Waals surface area contributed by atoms with Crippen molar-refractivity contribution in [1.82, 2.24) is 0 Å². The number of carbonyl (C=O) groups excluding carboxylic acids is 1. The molecule has 0 unspecified atom stereocenters. The molecule has 0 heterocycles. The predicted octanol–water partition coefficient (Wildman–Crippen LogP) is 4.46. The SMILES string of the molecule is CC[C@@H](C)[C@H](C(=O)Nc1ccc(OC)cc1)c1ccccc1. The van der Waals surface area contributed by atoms with Crippen LogP contribution in [0.5, 0.6) is 5.75 Å². The maximum atomic E-state index is 12.7. The fourth-order valence-electron chi connectivity index (χ4n) is 2.53. The van der Waals surface area contributed by atoms with Gasteiger partial charge in [0.25, 0.3) is 0 Å². The molecule has 2 atom stereocenters. The van der Waals surface area contributed by atoms with Gasteiger partial charge < -0.3 is 10.1 Å². The Kier molecular flexibility index (Phi) is 5.59. The second-order valence-corrected chi connectivity index (χ2v) is 5.49. The summed E-state index contributed by atoms with van der Waals surface area (Å²) in [4.78, 5) is 12.7. The van der Waals surface area contributed by atoms with E-state index in [9.17, 15) is 4.79 Å². The van der Waals surface area contributed by atoms with Crippen molar-refractivity contribution in [2.24, 2.45) is 5.92 Å². The number of ether oxygens (including phenoxy) is 1. The van der Waals surface area contributed by atoms with Crippen LogP contribution in [0.25, 0.3) is 0 Å². The van der Waals surface area contributed by atoms with E-state index in [1.54, 1.807) is 7.11 Å². The fraction of sp³-hybridized carbons (Fsp3) is 0.316. The molecule has 3 heteroatoms. The zero-order valence-corrected chi connectivity index (χ0v) is 13.4. The Morgan fingerprint density at radius 1 is 1.09 bits per heavy atom. The predicted molar refractivity (Wildman–Crippen MR) is 90.3 cm³/mol. The normalized spacial score (nSPS) is 13.2. The molecule has 0 bridgehead atoms. The highest BCUT2D eigenvalue weighted by Crippen LogP contribution is 2.28. The van der Waals surface area contributed by atoms with Crippen LogP contribution >= 0.6 is 0 Å². The number of anilines is 1. The minimum atomic E-state index is -0.145. The fourth-order valence-corrected chi connectivity index (χ4v) is 2.53. The van der Waals surface area contributed by atoms with E-state index in [1.807, 2.05) is 54.6 Å². The van der Waals surface area contributed by atoms with Gasteiger partial charge in [0.15, 0.2) is 0 Å². The molecule has 0 aliphatic rings. The molecule has 3 nitrogen and oxygen atoms in total. The van der Waals surface area contributed by atoms with Gasteiger partial charge in [0.05, 0.1) is 13.0 Å². The summed E-state index contributed by atoms with van der Waals surface area (Å²) in [6.07, 6.45) is 0.954. The number of hydrogen-bond acceptors (Lipinski definition) is 2. The summed E-state index contributed by atoms with van der Waals surface area (Å²) < 4.78 is 5.13. The minimum Gasteiger partial charge on any atom is -0.497 e. The van der Waals surface area contributed by atoms with E-state index in [0.29, 0.717) is 0 Å². The van der Waals surface area contributed by atoms with Crippen LogP contribution in [0.4, 0.5) is 5.69 Å². The molecule has 2 rings (SSSR count). The Morgan fingerprint density at radius 2 is 1.73 bits per heavy atom. The monoisotopic (exact) mass is 297 g/mol. The lowest BCUT2D eigenvalue weighted by Gasteiger charge is -2.22. The third-order valence-electron chi connectivity index (χ3n) is 4.01. The van der Waals surface area contributed by atoms with Gasteiger partial charge in [-0.25, -0.2) is 0 Å². The van der Waals surface area contributed by atoms with Gasteiger partial charge in [-0.1, -0.05) is 50.6 Å². The Hall–Kier alpha value is -2.29. The molecule has 1 amide bonds. The lowest BCUT2D eigenvalue weighted by atomic mass is 9.85. The van der Waals surface area contributed by atoms with Crippen LogP contribution < -0.4 is 10.1 Å². The van der Waals surface area contributed by atoms with Crippen LogP contribution in [0.15, 0.2) is 54.6 Å². The molecule has 0 saturated heterocycles. The molecule has 0 radical (unpaired) electrons. The van der Waals surface area contributed by atoms with Gasteiger partial charge in [0.1, 0.15) is 5.75 Å². The van der Waals surface area contributed by atoms with Crippen molar-refractivity contribution < 1.29 is 9.53 Å². The number of hydrogen-bond donors (Lipinski definition) is 1. The van der Waals surface area contributed by atoms with E-state index in [4.69, 9.17) is 4.74 Å². The lowest BCUT2D eigenvalue weighted by molar-refractivity contribution is -0.118. The third-order valence-corrected chi connectivity index (χ3v) is 4.01. The number of amides is 1. The quantitative estimate of drug-likeness (QED) is 0.854. The smallest absolute Gasteiger partial charge is 0.232 e. The van der Waals surface area contributed by atoms with Crippen molar-refractivity contribution >= 4 is 11.6 Å². The zero-order chi connectivity index (χ0) is 15.9. The molecule has 1 N–H and O–H groups in total. The lowest BCUT2D eigenvalue weighted by Crippen LogP contribution is -2.26. The highest BCUT2D eigenvalue weighted by atomic mass is 16.5. The summed E-state index contributed by atoms with van der Waals surface area (Å²) in [6.45, 7) is 4.23. The third kappa shape index (κ3) is 3.88. The molecule has 2 aromatic carbocycles. The minimum absolute atomic E-state index is 0.0331. The molecule has 0 aromatic heterocycles. The van der Waals surface area contributed by atoms with Crippen molar-refractivity contribution in [3.05, 3.63) is 60.2 Å². The average molecular weight is 297 g/mol. The van der Waals surface area contributed by atoms with E-state index in [2.05, 4.69) is 19.2 Å². The first kappa shape index (κ1) is 16.1. The van der Waals surface area contributed by atoms with E-state index in [1.165, 1.54) is 0 Å². The highest BCUT2D eigenvalue weighted by molar-refractivity contribution is 5.96. The summed E-state index contributed by atoms with van der Waals surface area (Å²) in [5.74, 6) is 0.944. The summed E-state index contributed by atoms with van der Waals surface area (Å²) in [7, 11) is 1.63. The molecular formula is C19H23NO2. The van der Waals surface area contributed by atoms with Crippen LogP contribution in [-0.2, 0) is 4.79 Å². The van der Waals surface area contributed by atoms with Crippen molar-refractivity contribution in [3.63, 3.8) is 0 Å². The van der Waals surface area contributed by atoms with Gasteiger partial charge in [-0.05, 0) is 35.7 Å². The second kappa shape index (κ2) is 7.64. The number of methoxy groups -OCH3 is 1. The molecule has 0 aliphatic heterocycles. The Balaban J connectivity index is 2.18. The molecule has 0 aliphatic carbocycles. The number of benzene rings is 2. The molecule has 22 heavy (non-hydrogen) atoms. The Bertz CT molecular complexity index is 593. The molecule has 0 saturated carbocycles. The largest absolute Gasteiger partial charge is 0.497 e. The van der Waals surface area contributed by atoms with Gasteiger partial charge in [-0.3, -0.25) is 4.79 Å². The summed E-state index contributed by atoms with van der Waals surface area (Å²) in [6, 6.07) is 17.4. The first-order valence-corrected chi connectivity index (χ1v) is 7.65. The molecule has 2 aromatic rings. The van der Waals surface area contributed by atoms with Gasteiger partial charge in [0, 0.05) is 5.69 Å². The Labute approximate surface area is 132 Å². The molecular weight excluding hydrogens is 274 g/mol. The van der Waals surface area contributed by atoms with Crippen LogP contribution in [0.3, 0.4) is 0 Å². The first-order valence-electron chi connectivity index (χ1n) is 7.65. The standard InChI is InChI=1S/C19H23NO2/c1-4-14(2)18(15-8-6-5-7-9-15)19(21)20-16-10-12-17(22-3)13-11-16/h5-14,18H,4H2,1-3H3,(H,20,21)/t14-,18+/m1/s1.